The van der Waals surface area contributed by atoms with Crippen LogP contribution in [-0.4, -0.2) is 51.8 Å². The molecule has 0 radical (unpaired) electrons. The molecule has 1 heterocycles. The fourth-order valence-electron chi connectivity index (χ4n) is 2.37. The summed E-state index contributed by atoms with van der Waals surface area (Å²) in [6.07, 6.45) is 0.301. The summed E-state index contributed by atoms with van der Waals surface area (Å²) in [6.45, 7) is 0.217. The second kappa shape index (κ2) is 6.21. The lowest BCUT2D eigenvalue weighted by molar-refractivity contribution is 0.347. The first-order valence-electron chi connectivity index (χ1n) is 6.44. The smallest absolute Gasteiger partial charge is 0.243 e. The summed E-state index contributed by atoms with van der Waals surface area (Å²) in [6, 6.07) is 5.23. The van der Waals surface area contributed by atoms with E-state index in [9.17, 15) is 16.8 Å². The Morgan fingerprint density at radius 2 is 1.90 bits per heavy atom. The van der Waals surface area contributed by atoms with Crippen LogP contribution in [0.4, 0.5) is 0 Å². The predicted molar refractivity (Wildman–Crippen MR) is 81.5 cm³/mol. The summed E-state index contributed by atoms with van der Waals surface area (Å²) < 4.78 is 49.7. The first-order valence-corrected chi connectivity index (χ1v) is 10.1. The van der Waals surface area contributed by atoms with Crippen LogP contribution in [0.15, 0.2) is 29.2 Å². The molecule has 1 atom stereocenters. The zero-order valence-corrected chi connectivity index (χ0v) is 13.7. The number of benzene rings is 1. The third-order valence-electron chi connectivity index (χ3n) is 3.39. The van der Waals surface area contributed by atoms with E-state index in [0.717, 1.165) is 0 Å². The molecular formula is C12H17ClN2O4S2. The molecule has 0 aliphatic carbocycles. The minimum atomic E-state index is -3.78. The van der Waals surface area contributed by atoms with Crippen LogP contribution in [0.25, 0.3) is 0 Å². The van der Waals surface area contributed by atoms with Crippen LogP contribution < -0.4 is 5.73 Å². The van der Waals surface area contributed by atoms with Gasteiger partial charge in [0.1, 0.15) is 0 Å². The molecule has 21 heavy (non-hydrogen) atoms. The second-order valence-electron chi connectivity index (χ2n) is 4.92. The monoisotopic (exact) mass is 352 g/mol. The second-order valence-corrected chi connectivity index (χ2v) is 9.47. The molecule has 1 aliphatic heterocycles. The Morgan fingerprint density at radius 3 is 2.38 bits per heavy atom. The summed E-state index contributed by atoms with van der Waals surface area (Å²) >= 11 is 5.76. The van der Waals surface area contributed by atoms with Crippen LogP contribution in [0.2, 0.25) is 5.02 Å². The van der Waals surface area contributed by atoms with Gasteiger partial charge < -0.3 is 5.73 Å². The van der Waals surface area contributed by atoms with Crippen molar-refractivity contribution in [1.82, 2.24) is 4.31 Å². The van der Waals surface area contributed by atoms with Crippen LogP contribution in [0.1, 0.15) is 6.42 Å². The molecule has 118 valence electrons. The molecule has 1 aromatic rings. The maximum Gasteiger partial charge on any atom is 0.243 e. The highest BCUT2D eigenvalue weighted by Gasteiger charge is 2.38. The highest BCUT2D eigenvalue weighted by atomic mass is 35.5. The number of hydrogen-bond donors (Lipinski definition) is 1. The molecule has 1 aliphatic rings. The molecule has 0 bridgehead atoms. The van der Waals surface area contributed by atoms with Gasteiger partial charge in [-0.2, -0.15) is 4.31 Å². The third-order valence-corrected chi connectivity index (χ3v) is 7.35. The van der Waals surface area contributed by atoms with Gasteiger partial charge in [0, 0.05) is 24.2 Å². The van der Waals surface area contributed by atoms with Gasteiger partial charge in [-0.05, 0) is 30.7 Å². The largest absolute Gasteiger partial charge is 0.329 e. The van der Waals surface area contributed by atoms with Crippen molar-refractivity contribution >= 4 is 31.5 Å². The number of sulfonamides is 1. The van der Waals surface area contributed by atoms with Gasteiger partial charge in [0.25, 0.3) is 0 Å². The summed E-state index contributed by atoms with van der Waals surface area (Å²) in [5.41, 5.74) is 5.49. The molecular weight excluding hydrogens is 336 g/mol. The average molecular weight is 353 g/mol. The molecule has 2 N–H and O–H groups in total. The highest BCUT2D eigenvalue weighted by Crippen LogP contribution is 2.25. The standard InChI is InChI=1S/C12H17ClN2O4S2/c13-10-1-3-12(4-2-10)21(18,19)15(7-6-14)11-5-8-20(16,17)9-11/h1-4,11H,5-9,14H2/t11-/m1/s1. The summed E-state index contributed by atoms with van der Waals surface area (Å²) in [7, 11) is -6.96. The lowest BCUT2D eigenvalue weighted by Crippen LogP contribution is -2.43. The van der Waals surface area contributed by atoms with Crippen LogP contribution >= 0.6 is 11.6 Å². The minimum Gasteiger partial charge on any atom is -0.329 e. The van der Waals surface area contributed by atoms with Gasteiger partial charge in [-0.25, -0.2) is 16.8 Å². The molecule has 0 unspecified atom stereocenters. The van der Waals surface area contributed by atoms with Gasteiger partial charge in [0.2, 0.25) is 10.0 Å². The van der Waals surface area contributed by atoms with Crippen molar-refractivity contribution in [2.24, 2.45) is 5.73 Å². The number of halogens is 1. The van der Waals surface area contributed by atoms with Gasteiger partial charge in [-0.1, -0.05) is 11.6 Å². The molecule has 1 aromatic carbocycles. The zero-order valence-electron chi connectivity index (χ0n) is 11.3. The fourth-order valence-corrected chi connectivity index (χ4v) is 5.99. The van der Waals surface area contributed by atoms with E-state index in [4.69, 9.17) is 17.3 Å². The van der Waals surface area contributed by atoms with Crippen molar-refractivity contribution in [3.63, 3.8) is 0 Å². The molecule has 2 rings (SSSR count). The Labute approximate surface area is 129 Å². The van der Waals surface area contributed by atoms with Gasteiger partial charge >= 0.3 is 0 Å². The maximum atomic E-state index is 12.7. The topological polar surface area (TPSA) is 97.5 Å². The van der Waals surface area contributed by atoms with Gasteiger partial charge in [0.15, 0.2) is 9.84 Å². The van der Waals surface area contributed by atoms with Crippen molar-refractivity contribution < 1.29 is 16.8 Å². The Morgan fingerprint density at radius 1 is 1.29 bits per heavy atom. The number of sulfone groups is 1. The van der Waals surface area contributed by atoms with E-state index >= 15 is 0 Å². The first-order chi connectivity index (χ1) is 9.76. The maximum absolute atomic E-state index is 12.7. The van der Waals surface area contributed by atoms with Gasteiger partial charge in [-0.15, -0.1) is 0 Å². The van der Waals surface area contributed by atoms with E-state index in [0.29, 0.717) is 11.4 Å². The van der Waals surface area contributed by atoms with Crippen LogP contribution in [0, 0.1) is 0 Å². The number of nitrogens with zero attached hydrogens (tertiary/aromatic N) is 1. The quantitative estimate of drug-likeness (QED) is 0.831. The Kier molecular flexibility index (Phi) is 4.94. The highest BCUT2D eigenvalue weighted by molar-refractivity contribution is 7.92. The fraction of sp³-hybridized carbons (Fsp3) is 0.500. The summed E-state index contributed by atoms with van der Waals surface area (Å²) in [4.78, 5) is 0.0876. The van der Waals surface area contributed by atoms with E-state index in [1.54, 1.807) is 0 Å². The van der Waals surface area contributed by atoms with E-state index in [2.05, 4.69) is 0 Å². The number of hydrogen-bond acceptors (Lipinski definition) is 5. The Balaban J connectivity index is 2.35. The van der Waals surface area contributed by atoms with Crippen LogP contribution in [0.3, 0.4) is 0 Å². The van der Waals surface area contributed by atoms with Crippen molar-refractivity contribution in [2.45, 2.75) is 17.4 Å². The average Bonchev–Trinajstić information content (AvgIpc) is 2.76. The molecule has 0 saturated carbocycles. The molecule has 1 fully saturated rings. The number of rotatable bonds is 5. The van der Waals surface area contributed by atoms with Crippen molar-refractivity contribution in [3.8, 4) is 0 Å². The van der Waals surface area contributed by atoms with E-state index in [1.165, 1.54) is 28.6 Å². The van der Waals surface area contributed by atoms with Crippen LogP contribution in [0.5, 0.6) is 0 Å². The molecule has 9 heteroatoms. The van der Waals surface area contributed by atoms with E-state index in [-0.39, 0.29) is 29.5 Å². The van der Waals surface area contributed by atoms with E-state index < -0.39 is 25.9 Å². The lowest BCUT2D eigenvalue weighted by atomic mass is 10.2. The molecule has 0 amide bonds. The minimum absolute atomic E-state index is 0.00881. The van der Waals surface area contributed by atoms with Gasteiger partial charge in [-0.3, -0.25) is 0 Å². The molecule has 1 saturated heterocycles. The first kappa shape index (κ1) is 16.7. The lowest BCUT2D eigenvalue weighted by Gasteiger charge is -2.26. The molecule has 0 spiro atoms. The van der Waals surface area contributed by atoms with E-state index in [1.807, 2.05) is 0 Å². The third kappa shape index (κ3) is 3.75. The number of nitrogens with two attached hydrogens (primary N) is 1. The zero-order chi connectivity index (χ0) is 15.7. The SMILES string of the molecule is NCCN([C@@H]1CCS(=O)(=O)C1)S(=O)(=O)c1ccc(Cl)cc1. The Hall–Kier alpha value is -0.670. The van der Waals surface area contributed by atoms with Gasteiger partial charge in [0.05, 0.1) is 16.4 Å². The van der Waals surface area contributed by atoms with Crippen LogP contribution in [-0.2, 0) is 19.9 Å². The molecule has 0 aromatic heterocycles. The predicted octanol–water partition coefficient (Wildman–Crippen LogP) is 0.477. The van der Waals surface area contributed by atoms with Crippen molar-refractivity contribution in [3.05, 3.63) is 29.3 Å². The normalized spacial score (nSPS) is 21.8. The van der Waals surface area contributed by atoms with Crippen molar-refractivity contribution in [2.75, 3.05) is 24.6 Å². The Bertz CT molecular complexity index is 701. The summed E-state index contributed by atoms with van der Waals surface area (Å²) in [5, 5.41) is 0.433. The van der Waals surface area contributed by atoms with Crippen molar-refractivity contribution in [1.29, 1.82) is 0 Å². The molecule has 6 nitrogen and oxygen atoms in total. The summed E-state index contributed by atoms with van der Waals surface area (Å²) in [5.74, 6) is -0.144.